The number of rotatable bonds is 1. The van der Waals surface area contributed by atoms with E-state index in [1.165, 1.54) is 6.33 Å². The fourth-order valence-electron chi connectivity index (χ4n) is 0.965. The van der Waals surface area contributed by atoms with Gasteiger partial charge in [0.2, 0.25) is 5.82 Å². The molecular weight excluding hydrogens is 166 g/mol. The molecule has 0 bridgehead atoms. The zero-order valence-electron chi connectivity index (χ0n) is 7.05. The molecule has 0 saturated heterocycles. The Hall–Kier alpha value is -1.91. The van der Waals surface area contributed by atoms with Crippen LogP contribution in [0.5, 0.6) is 0 Å². The minimum atomic E-state index is 0.450. The molecule has 0 radical (unpaired) electrons. The van der Waals surface area contributed by atoms with Gasteiger partial charge in [0.15, 0.2) is 6.33 Å². The first kappa shape index (κ1) is 7.72. The molecule has 2 aromatic rings. The normalized spacial score (nSPS) is 9.92. The molecule has 64 valence electrons. The van der Waals surface area contributed by atoms with Gasteiger partial charge in [0.25, 0.3) is 0 Å². The van der Waals surface area contributed by atoms with Crippen LogP contribution in [-0.2, 0) is 0 Å². The lowest BCUT2D eigenvalue weighted by Crippen LogP contribution is -1.95. The smallest absolute Gasteiger partial charge is 0.221 e. The van der Waals surface area contributed by atoms with Crippen molar-refractivity contribution in [1.82, 2.24) is 25.4 Å². The summed E-state index contributed by atoms with van der Waals surface area (Å²) in [5, 5.41) is 14.9. The molecule has 5 heteroatoms. The van der Waals surface area contributed by atoms with E-state index in [2.05, 4.69) is 25.4 Å². The van der Waals surface area contributed by atoms with Crippen molar-refractivity contribution in [2.24, 2.45) is 0 Å². The highest BCUT2D eigenvalue weighted by molar-refractivity contribution is 5.48. The Morgan fingerprint density at radius 2 is 1.92 bits per heavy atom. The fraction of sp³-hybridized carbons (Fsp3) is 0.125. The summed E-state index contributed by atoms with van der Waals surface area (Å²) in [6.45, 7) is 1.98. The zero-order chi connectivity index (χ0) is 9.10. The van der Waals surface area contributed by atoms with Crippen molar-refractivity contribution < 1.29 is 0 Å². The molecule has 2 aromatic heterocycles. The van der Waals surface area contributed by atoms with Gasteiger partial charge in [0, 0.05) is 6.20 Å². The third kappa shape index (κ3) is 1.64. The Kier molecular flexibility index (Phi) is 1.91. The average Bonchev–Trinajstić information content (AvgIpc) is 2.19. The molecule has 0 saturated carbocycles. The fourth-order valence-corrected chi connectivity index (χ4v) is 0.965. The van der Waals surface area contributed by atoms with Crippen molar-refractivity contribution in [3.63, 3.8) is 0 Å². The Bertz CT molecular complexity index is 400. The second-order valence-corrected chi connectivity index (χ2v) is 2.59. The first-order valence-electron chi connectivity index (χ1n) is 3.79. The Labute approximate surface area is 74.9 Å². The van der Waals surface area contributed by atoms with Crippen LogP contribution in [-0.4, -0.2) is 25.4 Å². The minimum absolute atomic E-state index is 0.450. The highest BCUT2D eigenvalue weighted by Gasteiger charge is 2.01. The van der Waals surface area contributed by atoms with Gasteiger partial charge in [-0.1, -0.05) is 0 Å². The van der Waals surface area contributed by atoms with Crippen molar-refractivity contribution in [3.05, 3.63) is 30.2 Å². The standard InChI is InChI=1S/C8H7N5/c1-6-2-3-9-7(4-6)8-12-10-5-11-13-8/h2-5H,1H3. The summed E-state index contributed by atoms with van der Waals surface area (Å²) < 4.78 is 0. The van der Waals surface area contributed by atoms with Crippen LogP contribution in [0.4, 0.5) is 0 Å². The average molecular weight is 173 g/mol. The van der Waals surface area contributed by atoms with Gasteiger partial charge >= 0.3 is 0 Å². The Balaban J connectivity index is 2.48. The summed E-state index contributed by atoms with van der Waals surface area (Å²) >= 11 is 0. The van der Waals surface area contributed by atoms with Gasteiger partial charge in [0.05, 0.1) is 0 Å². The molecule has 5 nitrogen and oxygen atoms in total. The molecule has 0 unspecified atom stereocenters. The van der Waals surface area contributed by atoms with E-state index in [4.69, 9.17) is 0 Å². The van der Waals surface area contributed by atoms with Crippen LogP contribution in [0.2, 0.25) is 0 Å². The number of nitrogens with zero attached hydrogens (tertiary/aromatic N) is 5. The number of hydrogen-bond acceptors (Lipinski definition) is 5. The lowest BCUT2D eigenvalue weighted by molar-refractivity contribution is 0.859. The van der Waals surface area contributed by atoms with E-state index >= 15 is 0 Å². The van der Waals surface area contributed by atoms with Crippen LogP contribution in [0.3, 0.4) is 0 Å². The molecule has 0 atom stereocenters. The summed E-state index contributed by atoms with van der Waals surface area (Å²) in [6, 6.07) is 3.80. The highest BCUT2D eigenvalue weighted by Crippen LogP contribution is 2.09. The van der Waals surface area contributed by atoms with Crippen LogP contribution in [0.1, 0.15) is 5.56 Å². The molecule has 0 fully saturated rings. The summed E-state index contributed by atoms with van der Waals surface area (Å²) in [4.78, 5) is 4.10. The van der Waals surface area contributed by atoms with Crippen LogP contribution in [0.15, 0.2) is 24.7 Å². The van der Waals surface area contributed by atoms with E-state index in [-0.39, 0.29) is 0 Å². The zero-order valence-corrected chi connectivity index (χ0v) is 7.05. The van der Waals surface area contributed by atoms with Gasteiger partial charge in [-0.2, -0.15) is 0 Å². The highest BCUT2D eigenvalue weighted by atomic mass is 15.3. The van der Waals surface area contributed by atoms with E-state index in [1.807, 2.05) is 19.1 Å². The largest absolute Gasteiger partial charge is 0.253 e. The van der Waals surface area contributed by atoms with E-state index < -0.39 is 0 Å². The third-order valence-electron chi connectivity index (χ3n) is 1.55. The molecule has 0 aliphatic carbocycles. The molecule has 0 aliphatic heterocycles. The van der Waals surface area contributed by atoms with Gasteiger partial charge in [-0.3, -0.25) is 4.98 Å². The van der Waals surface area contributed by atoms with Crippen LogP contribution in [0.25, 0.3) is 11.5 Å². The molecule has 0 amide bonds. The van der Waals surface area contributed by atoms with Crippen LogP contribution in [0, 0.1) is 6.92 Å². The number of aromatic nitrogens is 5. The second-order valence-electron chi connectivity index (χ2n) is 2.59. The summed E-state index contributed by atoms with van der Waals surface area (Å²) in [5.74, 6) is 0.450. The van der Waals surface area contributed by atoms with Gasteiger partial charge < -0.3 is 0 Å². The first-order valence-corrected chi connectivity index (χ1v) is 3.79. The van der Waals surface area contributed by atoms with Crippen molar-refractivity contribution in [2.75, 3.05) is 0 Å². The SMILES string of the molecule is Cc1ccnc(-c2nncnn2)c1. The van der Waals surface area contributed by atoms with E-state index in [1.54, 1.807) is 6.20 Å². The first-order chi connectivity index (χ1) is 6.36. The quantitative estimate of drug-likeness (QED) is 0.633. The summed E-state index contributed by atoms with van der Waals surface area (Å²) in [5.41, 5.74) is 1.80. The second kappa shape index (κ2) is 3.22. The summed E-state index contributed by atoms with van der Waals surface area (Å²) in [6.07, 6.45) is 3.00. The van der Waals surface area contributed by atoms with Gasteiger partial charge in [0.1, 0.15) is 5.69 Å². The molecule has 0 aromatic carbocycles. The molecule has 0 N–H and O–H groups in total. The monoisotopic (exact) mass is 173 g/mol. The third-order valence-corrected chi connectivity index (χ3v) is 1.55. The number of aryl methyl sites for hydroxylation is 1. The summed E-state index contributed by atoms with van der Waals surface area (Å²) in [7, 11) is 0. The van der Waals surface area contributed by atoms with Gasteiger partial charge in [-0.25, -0.2) is 0 Å². The van der Waals surface area contributed by atoms with E-state index in [0.29, 0.717) is 11.5 Å². The lowest BCUT2D eigenvalue weighted by atomic mass is 10.2. The maximum absolute atomic E-state index is 4.10. The molecule has 13 heavy (non-hydrogen) atoms. The van der Waals surface area contributed by atoms with Crippen molar-refractivity contribution >= 4 is 0 Å². The van der Waals surface area contributed by atoms with Gasteiger partial charge in [-0.15, -0.1) is 20.4 Å². The van der Waals surface area contributed by atoms with Crippen molar-refractivity contribution in [1.29, 1.82) is 0 Å². The molecule has 0 spiro atoms. The van der Waals surface area contributed by atoms with Crippen molar-refractivity contribution in [3.8, 4) is 11.5 Å². The predicted octanol–water partition coefficient (Wildman–Crippen LogP) is 0.637. The Morgan fingerprint density at radius 1 is 1.15 bits per heavy atom. The maximum Gasteiger partial charge on any atom is 0.221 e. The predicted molar refractivity (Wildman–Crippen MR) is 45.6 cm³/mol. The van der Waals surface area contributed by atoms with Crippen molar-refractivity contribution in [2.45, 2.75) is 6.92 Å². The topological polar surface area (TPSA) is 64.5 Å². The molecule has 2 rings (SSSR count). The van der Waals surface area contributed by atoms with E-state index in [0.717, 1.165) is 5.56 Å². The molecule has 2 heterocycles. The maximum atomic E-state index is 4.10. The van der Waals surface area contributed by atoms with E-state index in [9.17, 15) is 0 Å². The Morgan fingerprint density at radius 3 is 2.62 bits per heavy atom. The van der Waals surface area contributed by atoms with Gasteiger partial charge in [-0.05, 0) is 24.6 Å². The van der Waals surface area contributed by atoms with Crippen LogP contribution < -0.4 is 0 Å². The lowest BCUT2D eigenvalue weighted by Gasteiger charge is -1.96. The molecular formula is C8H7N5. The molecule has 0 aliphatic rings. The minimum Gasteiger partial charge on any atom is -0.253 e. The number of hydrogen-bond donors (Lipinski definition) is 0. The van der Waals surface area contributed by atoms with Crippen LogP contribution >= 0.6 is 0 Å². The number of pyridine rings is 1.